The van der Waals surface area contributed by atoms with E-state index < -0.39 is 0 Å². The average Bonchev–Trinajstić information content (AvgIpc) is 3.09. The molecule has 25 heavy (non-hydrogen) atoms. The number of rotatable bonds is 5. The Morgan fingerprint density at radius 2 is 2.16 bits per heavy atom. The molecule has 2 aromatic rings. The van der Waals surface area contributed by atoms with Crippen LogP contribution in [0.2, 0.25) is 0 Å². The van der Waals surface area contributed by atoms with Crippen LogP contribution in [0.1, 0.15) is 37.3 Å². The number of aryl methyl sites for hydroxylation is 1. The summed E-state index contributed by atoms with van der Waals surface area (Å²) in [6.45, 7) is 6.07. The maximum Gasteiger partial charge on any atom is 0.0568 e. The van der Waals surface area contributed by atoms with E-state index in [1.54, 1.807) is 0 Å². The zero-order valence-corrected chi connectivity index (χ0v) is 15.1. The van der Waals surface area contributed by atoms with Gasteiger partial charge in [0.1, 0.15) is 0 Å². The Morgan fingerprint density at radius 3 is 2.84 bits per heavy atom. The second-order valence-electron chi connectivity index (χ2n) is 7.75. The zero-order chi connectivity index (χ0) is 17.4. The summed E-state index contributed by atoms with van der Waals surface area (Å²) in [6.07, 6.45) is 11.0. The van der Waals surface area contributed by atoms with Gasteiger partial charge in [0.25, 0.3) is 0 Å². The number of aromatic nitrogens is 2. The fourth-order valence-electron chi connectivity index (χ4n) is 4.88. The molecule has 1 aromatic carbocycles. The smallest absolute Gasteiger partial charge is 0.0568 e. The van der Waals surface area contributed by atoms with Crippen LogP contribution >= 0.6 is 0 Å². The summed E-state index contributed by atoms with van der Waals surface area (Å²) in [6, 6.07) is 8.74. The molecule has 1 saturated carbocycles. The molecule has 1 aliphatic carbocycles. The van der Waals surface area contributed by atoms with E-state index in [1.807, 2.05) is 24.0 Å². The van der Waals surface area contributed by atoms with Gasteiger partial charge in [-0.15, -0.1) is 6.58 Å². The van der Waals surface area contributed by atoms with Crippen LogP contribution in [0.25, 0.3) is 11.1 Å². The van der Waals surface area contributed by atoms with Gasteiger partial charge in [0.05, 0.1) is 6.20 Å². The van der Waals surface area contributed by atoms with Gasteiger partial charge in [-0.1, -0.05) is 24.3 Å². The second kappa shape index (κ2) is 6.43. The molecule has 2 bridgehead atoms. The molecule has 1 unspecified atom stereocenters. The Hall–Kier alpha value is -1.91. The lowest BCUT2D eigenvalue weighted by atomic mass is 9.65. The number of fused-ring (bicyclic) bond motifs is 3. The van der Waals surface area contributed by atoms with Crippen molar-refractivity contribution in [3.63, 3.8) is 0 Å². The van der Waals surface area contributed by atoms with Crippen molar-refractivity contribution in [3.05, 3.63) is 54.9 Å². The Bertz CT molecular complexity index is 755. The van der Waals surface area contributed by atoms with Crippen LogP contribution in [0.3, 0.4) is 0 Å². The Balaban J connectivity index is 1.67. The highest BCUT2D eigenvalue weighted by Gasteiger charge is 2.49. The van der Waals surface area contributed by atoms with Gasteiger partial charge in [0.2, 0.25) is 0 Å². The largest absolute Gasteiger partial charge is 0.322 e. The first-order chi connectivity index (χ1) is 12.1. The minimum absolute atomic E-state index is 0.0327. The molecule has 1 aromatic heterocycles. The van der Waals surface area contributed by atoms with Crippen LogP contribution in [0.4, 0.5) is 0 Å². The van der Waals surface area contributed by atoms with Crippen LogP contribution in [0.5, 0.6) is 0 Å². The maximum absolute atomic E-state index is 6.92. The Morgan fingerprint density at radius 1 is 1.36 bits per heavy atom. The molecule has 2 N–H and O–H groups in total. The third kappa shape index (κ3) is 2.83. The van der Waals surface area contributed by atoms with E-state index in [9.17, 15) is 0 Å². The fourth-order valence-corrected chi connectivity index (χ4v) is 4.88. The maximum atomic E-state index is 6.92. The van der Waals surface area contributed by atoms with Crippen LogP contribution in [-0.4, -0.2) is 33.3 Å². The minimum atomic E-state index is 0.0327. The van der Waals surface area contributed by atoms with Gasteiger partial charge in [-0.25, -0.2) is 0 Å². The second-order valence-corrected chi connectivity index (χ2v) is 7.75. The van der Waals surface area contributed by atoms with E-state index in [0.717, 1.165) is 18.0 Å². The number of hydrogen-bond acceptors (Lipinski definition) is 3. The molecule has 4 nitrogen and oxygen atoms in total. The molecule has 2 saturated heterocycles. The third-order valence-corrected chi connectivity index (χ3v) is 6.29. The van der Waals surface area contributed by atoms with Crippen LogP contribution in [0, 0.1) is 5.92 Å². The fraction of sp³-hybridized carbons (Fsp3) is 0.476. The number of hydrogen-bond donors (Lipinski definition) is 1. The molecule has 0 spiro atoms. The lowest BCUT2D eigenvalue weighted by Gasteiger charge is -2.57. The number of nitrogens with two attached hydrogens (primary N) is 1. The Labute approximate surface area is 150 Å². The Kier molecular flexibility index (Phi) is 4.26. The summed E-state index contributed by atoms with van der Waals surface area (Å²) in [5.74, 6) is 0.843. The molecule has 2 aliphatic heterocycles. The van der Waals surface area contributed by atoms with E-state index in [0.29, 0.717) is 0 Å². The molecule has 0 amide bonds. The predicted octanol–water partition coefficient (Wildman–Crippen LogP) is 3.52. The topological polar surface area (TPSA) is 47.1 Å². The molecule has 1 atom stereocenters. The van der Waals surface area contributed by atoms with Gasteiger partial charge in [-0.3, -0.25) is 9.58 Å². The molecule has 3 aliphatic rings. The van der Waals surface area contributed by atoms with Crippen molar-refractivity contribution in [1.82, 2.24) is 14.7 Å². The number of nitrogens with zero attached hydrogens (tertiary/aromatic N) is 3. The van der Waals surface area contributed by atoms with Crippen LogP contribution < -0.4 is 5.73 Å². The standard InChI is InChI=1S/C21H28N4/c1-3-11-25-14-16-7-9-21(25,10-8-16)20(22)18-6-4-5-17(12-18)19-13-23-24(2)15-19/h3-6,12-13,15-16,20H,1,7-11,14,22H2,2H3. The van der Waals surface area contributed by atoms with Crippen molar-refractivity contribution in [3.8, 4) is 11.1 Å². The highest BCUT2D eigenvalue weighted by Crippen LogP contribution is 2.48. The van der Waals surface area contributed by atoms with Gasteiger partial charge < -0.3 is 5.73 Å². The normalized spacial score (nSPS) is 27.4. The van der Waals surface area contributed by atoms with E-state index in [4.69, 9.17) is 5.73 Å². The number of piperidine rings is 2. The van der Waals surface area contributed by atoms with Crippen molar-refractivity contribution < 1.29 is 0 Å². The van der Waals surface area contributed by atoms with Gasteiger partial charge in [0, 0.05) is 43.5 Å². The van der Waals surface area contributed by atoms with Crippen molar-refractivity contribution in [1.29, 1.82) is 0 Å². The summed E-state index contributed by atoms with van der Waals surface area (Å²) < 4.78 is 1.84. The predicted molar refractivity (Wildman–Crippen MR) is 102 cm³/mol. The average molecular weight is 336 g/mol. The molecule has 4 heteroatoms. The van der Waals surface area contributed by atoms with E-state index >= 15 is 0 Å². The molecule has 3 fully saturated rings. The van der Waals surface area contributed by atoms with Crippen molar-refractivity contribution >= 4 is 0 Å². The summed E-state index contributed by atoms with van der Waals surface area (Å²) in [5, 5.41) is 4.30. The molecule has 132 valence electrons. The first-order valence-corrected chi connectivity index (χ1v) is 9.33. The molecule has 3 heterocycles. The van der Waals surface area contributed by atoms with Crippen molar-refractivity contribution in [2.24, 2.45) is 18.7 Å². The lowest BCUT2D eigenvalue weighted by Crippen LogP contribution is -2.62. The SMILES string of the molecule is C=CCN1CC2CCC1(C(N)c1cccc(-c3cnn(C)c3)c1)CC2. The summed E-state index contributed by atoms with van der Waals surface area (Å²) in [7, 11) is 1.95. The molecule has 0 radical (unpaired) electrons. The van der Waals surface area contributed by atoms with Gasteiger partial charge in [-0.2, -0.15) is 5.10 Å². The summed E-state index contributed by atoms with van der Waals surface area (Å²) in [4.78, 5) is 2.60. The van der Waals surface area contributed by atoms with Crippen molar-refractivity contribution in [2.75, 3.05) is 13.1 Å². The first-order valence-electron chi connectivity index (χ1n) is 9.33. The molecular formula is C21H28N4. The lowest BCUT2D eigenvalue weighted by molar-refractivity contribution is -0.0440. The minimum Gasteiger partial charge on any atom is -0.322 e. The third-order valence-electron chi connectivity index (χ3n) is 6.29. The molecular weight excluding hydrogens is 308 g/mol. The summed E-state index contributed by atoms with van der Waals surface area (Å²) >= 11 is 0. The molecule has 5 rings (SSSR count). The highest BCUT2D eigenvalue weighted by molar-refractivity contribution is 5.62. The first kappa shape index (κ1) is 16.6. The van der Waals surface area contributed by atoms with E-state index in [-0.39, 0.29) is 11.6 Å². The van der Waals surface area contributed by atoms with E-state index in [1.165, 1.54) is 43.4 Å². The number of benzene rings is 1. The zero-order valence-electron chi connectivity index (χ0n) is 15.1. The highest BCUT2D eigenvalue weighted by atomic mass is 15.2. The summed E-state index contributed by atoms with van der Waals surface area (Å²) in [5.41, 5.74) is 10.6. The van der Waals surface area contributed by atoms with Crippen molar-refractivity contribution in [2.45, 2.75) is 37.3 Å². The van der Waals surface area contributed by atoms with E-state index in [2.05, 4.69) is 47.0 Å². The quantitative estimate of drug-likeness (QED) is 0.850. The van der Waals surface area contributed by atoms with Crippen LogP contribution in [-0.2, 0) is 7.05 Å². The van der Waals surface area contributed by atoms with Gasteiger partial charge in [0.15, 0.2) is 0 Å². The van der Waals surface area contributed by atoms with Gasteiger partial charge >= 0.3 is 0 Å². The monoisotopic (exact) mass is 336 g/mol. The van der Waals surface area contributed by atoms with Gasteiger partial charge in [-0.05, 0) is 48.8 Å². The van der Waals surface area contributed by atoms with Crippen LogP contribution in [0.15, 0.2) is 49.3 Å².